The molecule has 5 rings (SSSR count). The van der Waals surface area contributed by atoms with Gasteiger partial charge in [0.15, 0.2) is 0 Å². The molecule has 10 heteroatoms. The van der Waals surface area contributed by atoms with E-state index in [1.165, 1.54) is 34.8 Å². The van der Waals surface area contributed by atoms with E-state index in [1.54, 1.807) is 4.90 Å². The van der Waals surface area contributed by atoms with E-state index >= 15 is 0 Å². The largest absolute Gasteiger partial charge is 0.462 e. The van der Waals surface area contributed by atoms with Gasteiger partial charge in [0.05, 0.1) is 12.2 Å². The molecule has 0 saturated carbocycles. The van der Waals surface area contributed by atoms with Gasteiger partial charge in [0.25, 0.3) is 0 Å². The predicted octanol–water partition coefficient (Wildman–Crippen LogP) is 3.82. The van der Waals surface area contributed by atoms with Crippen molar-refractivity contribution >= 4 is 29.0 Å². The molecule has 1 aromatic heterocycles. The Hall–Kier alpha value is -3.35. The van der Waals surface area contributed by atoms with Crippen LogP contribution >= 0.6 is 11.6 Å². The molecular formula is C30H38ClN7O2. The number of halogens is 1. The fourth-order valence-corrected chi connectivity index (χ4v) is 6.22. The minimum absolute atomic E-state index is 0.165. The Bertz CT molecular complexity index is 1310. The number of likely N-dealkylation sites (tertiary alicyclic amines) is 1. The summed E-state index contributed by atoms with van der Waals surface area (Å²) in [7, 11) is 2.14. The first-order chi connectivity index (χ1) is 19.4. The third-order valence-corrected chi connectivity index (χ3v) is 8.71. The number of nitrogens with zero attached hydrogens (tertiary/aromatic N) is 7. The van der Waals surface area contributed by atoms with Crippen LogP contribution in [0.3, 0.4) is 0 Å². The molecule has 3 aliphatic heterocycles. The van der Waals surface area contributed by atoms with Crippen LogP contribution in [0.5, 0.6) is 6.01 Å². The molecule has 2 aromatic rings. The van der Waals surface area contributed by atoms with Crippen molar-refractivity contribution in [3.8, 4) is 6.01 Å². The van der Waals surface area contributed by atoms with Gasteiger partial charge in [-0.3, -0.25) is 4.79 Å². The zero-order valence-corrected chi connectivity index (χ0v) is 24.4. The van der Waals surface area contributed by atoms with Crippen LogP contribution in [0.4, 0.5) is 11.5 Å². The maximum atomic E-state index is 12.7. The molecule has 0 unspecified atom stereocenters. The van der Waals surface area contributed by atoms with E-state index in [1.807, 2.05) is 0 Å². The van der Waals surface area contributed by atoms with E-state index < -0.39 is 0 Å². The van der Waals surface area contributed by atoms with Gasteiger partial charge in [-0.25, -0.2) is 6.57 Å². The van der Waals surface area contributed by atoms with Gasteiger partial charge in [0.2, 0.25) is 12.5 Å². The first kappa shape index (κ1) is 28.2. The summed E-state index contributed by atoms with van der Waals surface area (Å²) in [6.45, 7) is 16.9. The van der Waals surface area contributed by atoms with E-state index in [0.29, 0.717) is 44.8 Å². The van der Waals surface area contributed by atoms with Crippen LogP contribution < -0.4 is 14.5 Å². The average Bonchev–Trinajstić information content (AvgIpc) is 3.37. The number of likely N-dealkylation sites (N-methyl/N-ethyl adjacent to an activating group) is 1. The molecule has 2 atom stereocenters. The Labute approximate surface area is 242 Å². The monoisotopic (exact) mass is 563 g/mol. The van der Waals surface area contributed by atoms with Crippen LogP contribution in [0.15, 0.2) is 29.8 Å². The van der Waals surface area contributed by atoms with E-state index in [0.717, 1.165) is 43.0 Å². The summed E-state index contributed by atoms with van der Waals surface area (Å²) < 4.78 is 6.26. The van der Waals surface area contributed by atoms with Crippen molar-refractivity contribution < 1.29 is 9.53 Å². The van der Waals surface area contributed by atoms with Crippen molar-refractivity contribution in [1.82, 2.24) is 19.8 Å². The lowest BCUT2D eigenvalue weighted by Crippen LogP contribution is -2.56. The van der Waals surface area contributed by atoms with Crippen molar-refractivity contribution in [1.29, 1.82) is 0 Å². The highest BCUT2D eigenvalue weighted by atomic mass is 35.5. The normalized spacial score (nSPS) is 21.5. The molecule has 1 amide bonds. The van der Waals surface area contributed by atoms with Gasteiger partial charge in [-0.15, -0.1) is 0 Å². The lowest BCUT2D eigenvalue weighted by Gasteiger charge is -2.41. The van der Waals surface area contributed by atoms with Crippen LogP contribution in [0.25, 0.3) is 4.85 Å². The number of rotatable bonds is 7. The maximum Gasteiger partial charge on any atom is 0.318 e. The quantitative estimate of drug-likeness (QED) is 0.375. The summed E-state index contributed by atoms with van der Waals surface area (Å²) >= 11 is 5.69. The molecule has 2 saturated heterocycles. The van der Waals surface area contributed by atoms with Gasteiger partial charge in [0, 0.05) is 55.1 Å². The zero-order chi connectivity index (χ0) is 28.2. The number of carbonyl (C=O) groups excluding carboxylic acids is 1. The second kappa shape index (κ2) is 12.4. The molecule has 3 aliphatic rings. The van der Waals surface area contributed by atoms with Gasteiger partial charge < -0.3 is 29.2 Å². The molecule has 0 aliphatic carbocycles. The van der Waals surface area contributed by atoms with Gasteiger partial charge in [-0.1, -0.05) is 23.7 Å². The van der Waals surface area contributed by atoms with Crippen LogP contribution in [-0.2, 0) is 17.8 Å². The van der Waals surface area contributed by atoms with Gasteiger partial charge in [0.1, 0.15) is 18.5 Å². The van der Waals surface area contributed by atoms with Gasteiger partial charge in [-0.2, -0.15) is 9.97 Å². The van der Waals surface area contributed by atoms with E-state index in [9.17, 15) is 4.79 Å². The van der Waals surface area contributed by atoms with Crippen molar-refractivity contribution in [3.63, 3.8) is 0 Å². The number of anilines is 2. The van der Waals surface area contributed by atoms with Crippen LogP contribution in [0.2, 0.25) is 0 Å². The molecule has 40 heavy (non-hydrogen) atoms. The zero-order valence-electron chi connectivity index (χ0n) is 23.6. The fourth-order valence-electron chi connectivity index (χ4n) is 6.11. The molecule has 0 spiro atoms. The maximum absolute atomic E-state index is 12.7. The Morgan fingerprint density at radius 1 is 1.18 bits per heavy atom. The number of hydrogen-bond acceptors (Lipinski definition) is 7. The molecule has 4 heterocycles. The summed E-state index contributed by atoms with van der Waals surface area (Å²) in [5.74, 6) is 0.706. The molecule has 9 nitrogen and oxygen atoms in total. The number of amides is 1. The second-order valence-electron chi connectivity index (χ2n) is 11.0. The number of carbonyl (C=O) groups is 1. The highest BCUT2D eigenvalue weighted by Crippen LogP contribution is 2.34. The van der Waals surface area contributed by atoms with E-state index in [-0.39, 0.29) is 18.5 Å². The number of fused-ring (bicyclic) bond motifs is 1. The summed E-state index contributed by atoms with van der Waals surface area (Å²) in [6.07, 6.45) is 4.45. The first-order valence-electron chi connectivity index (χ1n) is 14.1. The van der Waals surface area contributed by atoms with Crippen molar-refractivity contribution in [2.24, 2.45) is 0 Å². The molecule has 0 radical (unpaired) electrons. The van der Waals surface area contributed by atoms with Crippen molar-refractivity contribution in [3.05, 3.63) is 63.6 Å². The topological polar surface area (TPSA) is 69.4 Å². The third-order valence-electron chi connectivity index (χ3n) is 8.59. The molecule has 0 N–H and O–H groups in total. The standard InChI is InChI=1S/C30H38ClN7O2/c1-21-7-5-9-27(22(21)2)36-14-11-25-26(19-36)33-30(40-20-23-8-6-13-35(23)4)34-29(25)37-15-16-38(28(39)10-12-31)24(18-37)17-32-3/h5,7,9-10,12,23-24H,6,8,11,13-20H2,1-2,4H3/b12-10-/t23-,24-/m0/s1. The predicted molar refractivity (Wildman–Crippen MR) is 158 cm³/mol. The van der Waals surface area contributed by atoms with E-state index in [4.69, 9.17) is 32.9 Å². The smallest absolute Gasteiger partial charge is 0.318 e. The molecule has 212 valence electrons. The molecule has 2 fully saturated rings. The summed E-state index contributed by atoms with van der Waals surface area (Å²) in [5, 5.41) is 0. The van der Waals surface area contributed by atoms with E-state index in [2.05, 4.69) is 58.6 Å². The molecular weight excluding hydrogens is 526 g/mol. The number of ether oxygens (including phenoxy) is 1. The average molecular weight is 564 g/mol. The molecule has 0 bridgehead atoms. The Balaban J connectivity index is 1.45. The number of benzene rings is 1. The second-order valence-corrected chi connectivity index (χ2v) is 11.3. The SMILES string of the molecule is [C-]#[N+]C[C@H]1CN(c2nc(OC[C@@H]3CCCN3C)nc3c2CCN(c2cccc(C)c2C)C3)CCN1C(=O)/C=C\Cl. The lowest BCUT2D eigenvalue weighted by atomic mass is 10.0. The third kappa shape index (κ3) is 5.89. The number of aryl methyl sites for hydroxylation is 1. The minimum atomic E-state index is -0.247. The van der Waals surface area contributed by atoms with Crippen molar-refractivity contribution in [2.75, 3.05) is 62.7 Å². The number of aromatic nitrogens is 2. The first-order valence-corrected chi connectivity index (χ1v) is 14.5. The number of hydrogen-bond donors (Lipinski definition) is 0. The Morgan fingerprint density at radius 2 is 2.02 bits per heavy atom. The molecule has 1 aromatic carbocycles. The minimum Gasteiger partial charge on any atom is -0.462 e. The number of piperazine rings is 1. The van der Waals surface area contributed by atoms with Crippen molar-refractivity contribution in [2.45, 2.75) is 51.7 Å². The highest BCUT2D eigenvalue weighted by molar-refractivity contribution is 6.26. The summed E-state index contributed by atoms with van der Waals surface area (Å²) in [6, 6.07) is 6.97. The van der Waals surface area contributed by atoms with Gasteiger partial charge >= 0.3 is 6.01 Å². The van der Waals surface area contributed by atoms with Crippen LogP contribution in [-0.4, -0.2) is 90.7 Å². The highest BCUT2D eigenvalue weighted by Gasteiger charge is 2.35. The summed E-state index contributed by atoms with van der Waals surface area (Å²) in [5.41, 5.74) is 7.15. The van der Waals surface area contributed by atoms with Crippen LogP contribution in [0, 0.1) is 20.4 Å². The summed E-state index contributed by atoms with van der Waals surface area (Å²) in [4.78, 5) is 34.9. The lowest BCUT2D eigenvalue weighted by molar-refractivity contribution is -0.128. The Morgan fingerprint density at radius 3 is 2.77 bits per heavy atom. The Kier molecular flexibility index (Phi) is 8.77. The van der Waals surface area contributed by atoms with Crippen LogP contribution in [0.1, 0.15) is 35.2 Å². The fraction of sp³-hybridized carbons (Fsp3) is 0.533. The van der Waals surface area contributed by atoms with Gasteiger partial charge in [-0.05, 0) is 63.9 Å².